The Morgan fingerprint density at radius 1 is 1.05 bits per heavy atom. The van der Waals surface area contributed by atoms with Crippen molar-refractivity contribution in [1.29, 1.82) is 0 Å². The number of unbranched alkanes of at least 4 members (excludes halogenated alkanes) is 2. The Kier molecular flexibility index (Phi) is 10.6. The van der Waals surface area contributed by atoms with Crippen molar-refractivity contribution in [2.45, 2.75) is 39.5 Å². The molecule has 0 radical (unpaired) electrons. The van der Waals surface area contributed by atoms with E-state index in [0.717, 1.165) is 19.3 Å². The van der Waals surface area contributed by atoms with Crippen molar-refractivity contribution in [3.05, 3.63) is 24.8 Å². The zero-order valence-electron chi connectivity index (χ0n) is 11.9. The first-order valence-corrected chi connectivity index (χ1v) is 6.76. The van der Waals surface area contributed by atoms with E-state index in [9.17, 15) is 9.59 Å². The van der Waals surface area contributed by atoms with Gasteiger partial charge >= 0.3 is 11.9 Å². The van der Waals surface area contributed by atoms with Gasteiger partial charge in [0, 0.05) is 0 Å². The van der Waals surface area contributed by atoms with Crippen LogP contribution < -0.4 is 0 Å². The molecule has 0 N–H and O–H groups in total. The lowest BCUT2D eigenvalue weighted by Crippen LogP contribution is -2.27. The molecule has 0 aromatic rings. The van der Waals surface area contributed by atoms with Crippen LogP contribution in [0.1, 0.15) is 39.5 Å². The minimum atomic E-state index is -0.851. The molecule has 108 valence electrons. The zero-order valence-corrected chi connectivity index (χ0v) is 11.9. The van der Waals surface area contributed by atoms with E-state index in [1.54, 1.807) is 13.8 Å². The largest absolute Gasteiger partial charge is 0.465 e. The summed E-state index contributed by atoms with van der Waals surface area (Å²) in [5.74, 6) is -1.89. The Morgan fingerprint density at radius 2 is 1.63 bits per heavy atom. The second-order valence-corrected chi connectivity index (χ2v) is 3.98. The van der Waals surface area contributed by atoms with Gasteiger partial charge in [-0.25, -0.2) is 0 Å². The predicted octanol–water partition coefficient (Wildman–Crippen LogP) is 3.03. The molecule has 0 aliphatic rings. The lowest BCUT2D eigenvalue weighted by atomic mass is 10.1. The first-order chi connectivity index (χ1) is 9.17. The van der Waals surface area contributed by atoms with Gasteiger partial charge in [-0.3, -0.25) is 9.59 Å². The van der Waals surface area contributed by atoms with Crippen LogP contribution in [0.4, 0.5) is 0 Å². The number of carbonyl (C=O) groups is 2. The number of hydrogen-bond donors (Lipinski definition) is 0. The Bertz CT molecular complexity index is 289. The van der Waals surface area contributed by atoms with Gasteiger partial charge in [0.25, 0.3) is 0 Å². The van der Waals surface area contributed by atoms with E-state index in [2.05, 4.69) is 6.58 Å². The van der Waals surface area contributed by atoms with Crippen LogP contribution in [-0.4, -0.2) is 25.2 Å². The summed E-state index contributed by atoms with van der Waals surface area (Å²) < 4.78 is 9.76. The summed E-state index contributed by atoms with van der Waals surface area (Å²) in [6.45, 7) is 7.60. The first kappa shape index (κ1) is 17.4. The average Bonchev–Trinajstić information content (AvgIpc) is 2.38. The fourth-order valence-corrected chi connectivity index (χ4v) is 1.50. The molecule has 0 saturated carbocycles. The smallest absolute Gasteiger partial charge is 0.320 e. The average molecular weight is 268 g/mol. The van der Waals surface area contributed by atoms with Gasteiger partial charge in [0.05, 0.1) is 13.2 Å². The first-order valence-electron chi connectivity index (χ1n) is 6.76. The summed E-state index contributed by atoms with van der Waals surface area (Å²) in [6.07, 6.45) is 8.88. The van der Waals surface area contributed by atoms with Crippen LogP contribution in [0.25, 0.3) is 0 Å². The molecule has 4 heteroatoms. The standard InChI is InChI=1S/C15H24O4/c1-4-7-8-9-10-11-12-13(14(16)18-5-2)15(17)19-6-3/h4,10-11,13H,1,5-9,12H2,2-3H3/b11-10+. The van der Waals surface area contributed by atoms with Crippen LogP contribution in [0, 0.1) is 5.92 Å². The van der Waals surface area contributed by atoms with Crippen molar-refractivity contribution in [2.75, 3.05) is 13.2 Å². The van der Waals surface area contributed by atoms with Crippen LogP contribution in [0.2, 0.25) is 0 Å². The Labute approximate surface area is 115 Å². The molecule has 0 aliphatic heterocycles. The van der Waals surface area contributed by atoms with Crippen LogP contribution in [-0.2, 0) is 19.1 Å². The summed E-state index contributed by atoms with van der Waals surface area (Å²) in [4.78, 5) is 23.3. The summed E-state index contributed by atoms with van der Waals surface area (Å²) in [5, 5.41) is 0. The second kappa shape index (κ2) is 11.5. The number of allylic oxidation sites excluding steroid dienone is 3. The quantitative estimate of drug-likeness (QED) is 0.264. The molecule has 0 amide bonds. The molecule has 0 aliphatic carbocycles. The fraction of sp³-hybridized carbons (Fsp3) is 0.600. The molecule has 0 atom stereocenters. The maximum atomic E-state index is 11.7. The van der Waals surface area contributed by atoms with E-state index in [1.807, 2.05) is 18.2 Å². The van der Waals surface area contributed by atoms with Crippen LogP contribution in [0.3, 0.4) is 0 Å². The van der Waals surface area contributed by atoms with Gasteiger partial charge in [0.1, 0.15) is 0 Å². The molecule has 0 saturated heterocycles. The van der Waals surface area contributed by atoms with E-state index >= 15 is 0 Å². The summed E-state index contributed by atoms with van der Waals surface area (Å²) in [6, 6.07) is 0. The van der Waals surface area contributed by atoms with E-state index in [1.165, 1.54) is 0 Å². The summed E-state index contributed by atoms with van der Waals surface area (Å²) in [5.41, 5.74) is 0. The molecule has 0 aromatic carbocycles. The Balaban J connectivity index is 4.29. The van der Waals surface area contributed by atoms with E-state index < -0.39 is 17.9 Å². The molecule has 0 spiro atoms. The highest BCUT2D eigenvalue weighted by atomic mass is 16.6. The molecular weight excluding hydrogens is 244 g/mol. The highest BCUT2D eigenvalue weighted by Crippen LogP contribution is 2.11. The number of ether oxygens (including phenoxy) is 2. The minimum absolute atomic E-state index is 0.262. The maximum Gasteiger partial charge on any atom is 0.320 e. The van der Waals surface area contributed by atoms with Gasteiger partial charge in [-0.2, -0.15) is 0 Å². The lowest BCUT2D eigenvalue weighted by Gasteiger charge is -2.12. The minimum Gasteiger partial charge on any atom is -0.465 e. The molecule has 0 aromatic heterocycles. The molecule has 0 heterocycles. The van der Waals surface area contributed by atoms with Crippen molar-refractivity contribution < 1.29 is 19.1 Å². The van der Waals surface area contributed by atoms with Crippen molar-refractivity contribution >= 4 is 11.9 Å². The van der Waals surface area contributed by atoms with Gasteiger partial charge in [0.2, 0.25) is 0 Å². The van der Waals surface area contributed by atoms with Gasteiger partial charge in [-0.05, 0) is 39.5 Å². The zero-order chi connectivity index (χ0) is 14.5. The van der Waals surface area contributed by atoms with Crippen LogP contribution in [0.15, 0.2) is 24.8 Å². The molecule has 0 unspecified atom stereocenters. The van der Waals surface area contributed by atoms with Gasteiger partial charge < -0.3 is 9.47 Å². The molecule has 0 bridgehead atoms. The van der Waals surface area contributed by atoms with Crippen molar-refractivity contribution in [2.24, 2.45) is 5.92 Å². The number of hydrogen-bond acceptors (Lipinski definition) is 4. The summed E-state index contributed by atoms with van der Waals surface area (Å²) in [7, 11) is 0. The maximum absolute atomic E-state index is 11.7. The van der Waals surface area contributed by atoms with Crippen molar-refractivity contribution in [3.63, 3.8) is 0 Å². The third-order valence-corrected chi connectivity index (χ3v) is 2.46. The van der Waals surface area contributed by atoms with Gasteiger partial charge in [-0.1, -0.05) is 18.2 Å². The number of esters is 2. The Morgan fingerprint density at radius 3 is 2.11 bits per heavy atom. The van der Waals surface area contributed by atoms with Crippen molar-refractivity contribution in [3.8, 4) is 0 Å². The third-order valence-electron chi connectivity index (χ3n) is 2.46. The van der Waals surface area contributed by atoms with E-state index in [4.69, 9.17) is 9.47 Å². The number of carbonyl (C=O) groups excluding carboxylic acids is 2. The predicted molar refractivity (Wildman–Crippen MR) is 74.6 cm³/mol. The lowest BCUT2D eigenvalue weighted by molar-refractivity contribution is -0.161. The monoisotopic (exact) mass is 268 g/mol. The second-order valence-electron chi connectivity index (χ2n) is 3.98. The molecule has 0 fully saturated rings. The molecule has 19 heavy (non-hydrogen) atoms. The topological polar surface area (TPSA) is 52.6 Å². The van der Waals surface area contributed by atoms with Crippen molar-refractivity contribution in [1.82, 2.24) is 0 Å². The molecule has 4 nitrogen and oxygen atoms in total. The Hall–Kier alpha value is -1.58. The molecule has 0 rings (SSSR count). The van der Waals surface area contributed by atoms with Gasteiger partial charge in [-0.15, -0.1) is 6.58 Å². The van der Waals surface area contributed by atoms with E-state index in [-0.39, 0.29) is 13.2 Å². The SMILES string of the molecule is C=CCCC/C=C/CC(C(=O)OCC)C(=O)OCC. The highest BCUT2D eigenvalue weighted by molar-refractivity contribution is 5.95. The van der Waals surface area contributed by atoms with Crippen LogP contribution >= 0.6 is 0 Å². The van der Waals surface area contributed by atoms with Crippen LogP contribution in [0.5, 0.6) is 0 Å². The third kappa shape index (κ3) is 8.19. The highest BCUT2D eigenvalue weighted by Gasteiger charge is 2.27. The summed E-state index contributed by atoms with van der Waals surface area (Å²) >= 11 is 0. The number of rotatable bonds is 10. The van der Waals surface area contributed by atoms with E-state index in [0.29, 0.717) is 6.42 Å². The van der Waals surface area contributed by atoms with Gasteiger partial charge in [0.15, 0.2) is 5.92 Å². The normalized spacial score (nSPS) is 10.7. The molecular formula is C15H24O4. The fourth-order valence-electron chi connectivity index (χ4n) is 1.50.